The highest BCUT2D eigenvalue weighted by Crippen LogP contribution is 2.32. The highest BCUT2D eigenvalue weighted by Gasteiger charge is 2.42. The molecule has 0 unspecified atom stereocenters. The first kappa shape index (κ1) is 14.5. The summed E-state index contributed by atoms with van der Waals surface area (Å²) < 4.78 is 0. The van der Waals surface area contributed by atoms with Crippen molar-refractivity contribution in [1.82, 2.24) is 4.90 Å². The molecule has 0 radical (unpaired) electrons. The second-order valence-corrected chi connectivity index (χ2v) is 6.52. The van der Waals surface area contributed by atoms with Gasteiger partial charge in [0, 0.05) is 19.1 Å². The Morgan fingerprint density at radius 1 is 1.35 bits per heavy atom. The molecule has 0 aromatic carbocycles. The summed E-state index contributed by atoms with van der Waals surface area (Å²) in [5, 5.41) is 9.24. The summed E-state index contributed by atoms with van der Waals surface area (Å²) in [6.45, 7) is 8.26. The number of carbonyl (C=O) groups excluding carboxylic acids is 1. The predicted octanol–water partition coefficient (Wildman–Crippen LogP) is 0.979. The molecular formula is C13H26N2O2. The summed E-state index contributed by atoms with van der Waals surface area (Å²) >= 11 is 0. The van der Waals surface area contributed by atoms with Crippen LogP contribution in [0.4, 0.5) is 0 Å². The van der Waals surface area contributed by atoms with Crippen LogP contribution in [0, 0.1) is 11.3 Å². The van der Waals surface area contributed by atoms with Crippen LogP contribution in [-0.2, 0) is 4.79 Å². The molecule has 3 N–H and O–H groups in total. The molecule has 1 rings (SSSR count). The Bertz CT molecular complexity index is 288. The summed E-state index contributed by atoms with van der Waals surface area (Å²) in [6.07, 6.45) is 1.45. The Hall–Kier alpha value is -0.610. The quantitative estimate of drug-likeness (QED) is 0.772. The van der Waals surface area contributed by atoms with E-state index < -0.39 is 11.0 Å². The summed E-state index contributed by atoms with van der Waals surface area (Å²) in [4.78, 5) is 14.1. The maximum absolute atomic E-state index is 12.4. The van der Waals surface area contributed by atoms with E-state index >= 15 is 0 Å². The van der Waals surface area contributed by atoms with Crippen molar-refractivity contribution in [3.8, 4) is 0 Å². The Labute approximate surface area is 104 Å². The van der Waals surface area contributed by atoms with Crippen molar-refractivity contribution in [2.75, 3.05) is 13.6 Å². The first-order valence-electron chi connectivity index (χ1n) is 6.28. The average Bonchev–Trinajstić information content (AvgIpc) is 2.12. The number of aliphatic hydroxyl groups excluding tert-OH is 1. The van der Waals surface area contributed by atoms with Crippen molar-refractivity contribution < 1.29 is 9.90 Å². The first-order chi connectivity index (χ1) is 7.55. The number of hydrogen-bond acceptors (Lipinski definition) is 3. The van der Waals surface area contributed by atoms with Crippen molar-refractivity contribution in [2.45, 2.75) is 52.2 Å². The normalized spacial score (nSPS) is 25.4. The lowest BCUT2D eigenvalue weighted by atomic mass is 9.73. The van der Waals surface area contributed by atoms with Gasteiger partial charge in [-0.05, 0) is 46.5 Å². The fourth-order valence-electron chi connectivity index (χ4n) is 2.07. The van der Waals surface area contributed by atoms with E-state index in [0.29, 0.717) is 5.92 Å². The van der Waals surface area contributed by atoms with Gasteiger partial charge in [0.05, 0.1) is 11.5 Å². The molecule has 0 bridgehead atoms. The lowest BCUT2D eigenvalue weighted by Gasteiger charge is -2.42. The molecule has 100 valence electrons. The molecular weight excluding hydrogens is 216 g/mol. The van der Waals surface area contributed by atoms with Crippen LogP contribution in [-0.4, -0.2) is 41.1 Å². The largest absolute Gasteiger partial charge is 0.393 e. The maximum Gasteiger partial charge on any atom is 0.229 e. The van der Waals surface area contributed by atoms with Gasteiger partial charge in [0.25, 0.3) is 0 Å². The summed E-state index contributed by atoms with van der Waals surface area (Å²) in [6, 6.07) is 0. The zero-order valence-corrected chi connectivity index (χ0v) is 11.7. The lowest BCUT2D eigenvalue weighted by Crippen LogP contribution is -2.56. The van der Waals surface area contributed by atoms with Crippen LogP contribution in [0.25, 0.3) is 0 Å². The second-order valence-electron chi connectivity index (χ2n) is 6.52. The van der Waals surface area contributed by atoms with Gasteiger partial charge in [0.2, 0.25) is 5.91 Å². The molecule has 1 aliphatic carbocycles. The number of carbonyl (C=O) groups is 1. The van der Waals surface area contributed by atoms with E-state index in [2.05, 4.69) is 0 Å². The van der Waals surface area contributed by atoms with Gasteiger partial charge >= 0.3 is 0 Å². The van der Waals surface area contributed by atoms with E-state index in [1.54, 1.807) is 4.90 Å². The lowest BCUT2D eigenvalue weighted by molar-refractivity contribution is -0.143. The predicted molar refractivity (Wildman–Crippen MR) is 68.4 cm³/mol. The van der Waals surface area contributed by atoms with Crippen molar-refractivity contribution >= 4 is 5.91 Å². The molecule has 1 fully saturated rings. The molecule has 4 nitrogen and oxygen atoms in total. The monoisotopic (exact) mass is 242 g/mol. The van der Waals surface area contributed by atoms with Crippen LogP contribution in [0.5, 0.6) is 0 Å². The van der Waals surface area contributed by atoms with Crippen LogP contribution in [0.2, 0.25) is 0 Å². The Kier molecular flexibility index (Phi) is 3.89. The number of nitrogens with zero attached hydrogens (tertiary/aromatic N) is 1. The highest BCUT2D eigenvalue weighted by molar-refractivity contribution is 5.83. The van der Waals surface area contributed by atoms with E-state index in [1.807, 2.05) is 34.7 Å². The van der Waals surface area contributed by atoms with E-state index in [4.69, 9.17) is 5.73 Å². The minimum Gasteiger partial charge on any atom is -0.393 e. The van der Waals surface area contributed by atoms with E-state index in [0.717, 1.165) is 19.4 Å². The molecule has 1 aliphatic rings. The molecule has 17 heavy (non-hydrogen) atoms. The van der Waals surface area contributed by atoms with Crippen molar-refractivity contribution in [1.29, 1.82) is 0 Å². The Morgan fingerprint density at radius 3 is 2.18 bits per heavy atom. The van der Waals surface area contributed by atoms with Crippen LogP contribution in [0.1, 0.15) is 40.5 Å². The fourth-order valence-corrected chi connectivity index (χ4v) is 2.07. The molecule has 4 heteroatoms. The fraction of sp³-hybridized carbons (Fsp3) is 0.923. The SMILES string of the molecule is CN(CC1CC(O)C1)C(=O)C(C)(C)C(C)(C)N. The van der Waals surface area contributed by atoms with Crippen LogP contribution >= 0.6 is 0 Å². The van der Waals surface area contributed by atoms with Gasteiger partial charge in [-0.15, -0.1) is 0 Å². The van der Waals surface area contributed by atoms with Gasteiger partial charge in [-0.25, -0.2) is 0 Å². The smallest absolute Gasteiger partial charge is 0.229 e. The van der Waals surface area contributed by atoms with Crippen molar-refractivity contribution in [3.05, 3.63) is 0 Å². The third-order valence-electron chi connectivity index (χ3n) is 4.24. The van der Waals surface area contributed by atoms with Gasteiger partial charge in [0.15, 0.2) is 0 Å². The van der Waals surface area contributed by atoms with Gasteiger partial charge in [-0.2, -0.15) is 0 Å². The number of nitrogens with two attached hydrogens (primary N) is 1. The number of rotatable bonds is 4. The minimum atomic E-state index is -0.579. The molecule has 1 saturated carbocycles. The van der Waals surface area contributed by atoms with Gasteiger partial charge in [0.1, 0.15) is 0 Å². The molecule has 0 spiro atoms. The van der Waals surface area contributed by atoms with E-state index in [-0.39, 0.29) is 12.0 Å². The van der Waals surface area contributed by atoms with Crippen molar-refractivity contribution in [2.24, 2.45) is 17.1 Å². The highest BCUT2D eigenvalue weighted by atomic mass is 16.3. The summed E-state index contributed by atoms with van der Waals surface area (Å²) in [7, 11) is 1.82. The molecule has 1 amide bonds. The molecule has 0 atom stereocenters. The maximum atomic E-state index is 12.4. The summed E-state index contributed by atoms with van der Waals surface area (Å²) in [5.41, 5.74) is 4.94. The average molecular weight is 242 g/mol. The van der Waals surface area contributed by atoms with Crippen LogP contribution in [0.3, 0.4) is 0 Å². The third kappa shape index (κ3) is 2.99. The topological polar surface area (TPSA) is 66.6 Å². The minimum absolute atomic E-state index is 0.0754. The molecule has 0 aromatic heterocycles. The Balaban J connectivity index is 2.57. The number of amides is 1. The molecule has 0 saturated heterocycles. The van der Waals surface area contributed by atoms with Gasteiger partial charge in [-0.1, -0.05) is 0 Å². The zero-order chi connectivity index (χ0) is 13.4. The van der Waals surface area contributed by atoms with Crippen molar-refractivity contribution in [3.63, 3.8) is 0 Å². The standard InChI is InChI=1S/C13H26N2O2/c1-12(2,13(3,4)14)11(17)15(5)8-9-6-10(16)7-9/h9-10,16H,6-8,14H2,1-5H3. The van der Waals surface area contributed by atoms with Crippen LogP contribution in [0.15, 0.2) is 0 Å². The summed E-state index contributed by atoms with van der Waals surface area (Å²) in [5.74, 6) is 0.516. The molecule has 0 aromatic rings. The van der Waals surface area contributed by atoms with Gasteiger partial charge < -0.3 is 15.7 Å². The van der Waals surface area contributed by atoms with E-state index in [9.17, 15) is 9.90 Å². The zero-order valence-electron chi connectivity index (χ0n) is 11.7. The molecule has 0 aliphatic heterocycles. The third-order valence-corrected chi connectivity index (χ3v) is 4.24. The molecule has 0 heterocycles. The van der Waals surface area contributed by atoms with Gasteiger partial charge in [-0.3, -0.25) is 4.79 Å². The van der Waals surface area contributed by atoms with E-state index in [1.165, 1.54) is 0 Å². The Morgan fingerprint density at radius 2 is 1.82 bits per heavy atom. The number of hydrogen-bond donors (Lipinski definition) is 2. The number of aliphatic hydroxyl groups is 1. The first-order valence-corrected chi connectivity index (χ1v) is 6.28. The van der Waals surface area contributed by atoms with Crippen LogP contribution < -0.4 is 5.73 Å². The second kappa shape index (κ2) is 4.58.